The molecule has 0 bridgehead atoms. The third-order valence-electron chi connectivity index (χ3n) is 2.25. The molecule has 0 aliphatic heterocycles. The van der Waals surface area contributed by atoms with E-state index in [1.807, 2.05) is 31.3 Å². The maximum absolute atomic E-state index is 8.70. The first-order valence-corrected chi connectivity index (χ1v) is 4.81. The summed E-state index contributed by atoms with van der Waals surface area (Å²) in [5.41, 5.74) is 8.08. The van der Waals surface area contributed by atoms with Crippen molar-refractivity contribution >= 4 is 5.84 Å². The summed E-state index contributed by atoms with van der Waals surface area (Å²) < 4.78 is 1.70. The van der Waals surface area contributed by atoms with Crippen molar-refractivity contribution in [2.24, 2.45) is 10.9 Å². The average Bonchev–Trinajstić information content (AvgIpc) is 2.75. The summed E-state index contributed by atoms with van der Waals surface area (Å²) in [4.78, 5) is 0. The zero-order valence-corrected chi connectivity index (χ0v) is 8.83. The van der Waals surface area contributed by atoms with E-state index in [2.05, 4.69) is 10.3 Å². The second-order valence-electron chi connectivity index (χ2n) is 3.46. The Bertz CT molecular complexity index is 530. The van der Waals surface area contributed by atoms with Crippen molar-refractivity contribution < 1.29 is 5.21 Å². The van der Waals surface area contributed by atoms with Crippen LogP contribution in [0.15, 0.2) is 41.8 Å². The number of oxime groups is 1. The number of hydrogen-bond acceptors (Lipinski definition) is 3. The van der Waals surface area contributed by atoms with E-state index in [1.54, 1.807) is 16.9 Å². The van der Waals surface area contributed by atoms with Crippen LogP contribution in [-0.2, 0) is 0 Å². The highest BCUT2D eigenvalue weighted by molar-refractivity contribution is 6.00. The molecule has 0 aliphatic carbocycles. The Morgan fingerprint density at radius 2 is 2.19 bits per heavy atom. The van der Waals surface area contributed by atoms with Gasteiger partial charge in [0.1, 0.15) is 0 Å². The summed E-state index contributed by atoms with van der Waals surface area (Å²) in [5, 5.41) is 15.9. The third kappa shape index (κ3) is 1.75. The molecule has 1 aromatic heterocycles. The van der Waals surface area contributed by atoms with Gasteiger partial charge < -0.3 is 10.9 Å². The molecule has 1 aromatic carbocycles. The molecule has 0 fully saturated rings. The van der Waals surface area contributed by atoms with Gasteiger partial charge in [-0.05, 0) is 24.6 Å². The molecule has 2 rings (SSSR count). The predicted octanol–water partition coefficient (Wildman–Crippen LogP) is 1.28. The molecule has 3 N–H and O–H groups in total. The number of hydrogen-bond donors (Lipinski definition) is 2. The molecule has 5 heteroatoms. The maximum atomic E-state index is 8.70. The van der Waals surface area contributed by atoms with Gasteiger partial charge in [-0.1, -0.05) is 17.3 Å². The van der Waals surface area contributed by atoms with Crippen LogP contribution in [0.2, 0.25) is 0 Å². The topological polar surface area (TPSA) is 76.4 Å². The van der Waals surface area contributed by atoms with Crippen LogP contribution in [-0.4, -0.2) is 20.8 Å². The lowest BCUT2D eigenvalue weighted by Crippen LogP contribution is -2.16. The highest BCUT2D eigenvalue weighted by atomic mass is 16.4. The molecule has 0 radical (unpaired) electrons. The minimum atomic E-state index is 0.0729. The maximum Gasteiger partial charge on any atom is 0.172 e. The first-order chi connectivity index (χ1) is 7.72. The first-order valence-electron chi connectivity index (χ1n) is 4.81. The zero-order chi connectivity index (χ0) is 11.5. The Hall–Kier alpha value is -2.30. The van der Waals surface area contributed by atoms with E-state index in [1.165, 1.54) is 0 Å². The Labute approximate surface area is 92.8 Å². The second kappa shape index (κ2) is 4.06. The minimum absolute atomic E-state index is 0.0729. The molecule has 0 atom stereocenters. The lowest BCUT2D eigenvalue weighted by Gasteiger charge is -2.07. The monoisotopic (exact) mass is 216 g/mol. The molecule has 0 unspecified atom stereocenters. The van der Waals surface area contributed by atoms with Crippen LogP contribution in [0.4, 0.5) is 0 Å². The summed E-state index contributed by atoms with van der Waals surface area (Å²) in [7, 11) is 0. The van der Waals surface area contributed by atoms with E-state index in [-0.39, 0.29) is 5.84 Å². The number of aromatic nitrogens is 2. The second-order valence-corrected chi connectivity index (χ2v) is 3.46. The molecule has 1 heterocycles. The molecular formula is C11H12N4O. The smallest absolute Gasteiger partial charge is 0.172 e. The predicted molar refractivity (Wildman–Crippen MR) is 60.8 cm³/mol. The van der Waals surface area contributed by atoms with Gasteiger partial charge in [0.05, 0.1) is 11.9 Å². The van der Waals surface area contributed by atoms with Crippen molar-refractivity contribution in [3.05, 3.63) is 47.8 Å². The Morgan fingerprint density at radius 3 is 2.81 bits per heavy atom. The van der Waals surface area contributed by atoms with E-state index in [0.29, 0.717) is 5.56 Å². The van der Waals surface area contributed by atoms with Gasteiger partial charge in [-0.2, -0.15) is 5.10 Å². The van der Waals surface area contributed by atoms with E-state index in [9.17, 15) is 0 Å². The van der Waals surface area contributed by atoms with Crippen LogP contribution in [0, 0.1) is 6.92 Å². The number of aryl methyl sites for hydroxylation is 1. The van der Waals surface area contributed by atoms with Crippen LogP contribution in [0.1, 0.15) is 11.1 Å². The van der Waals surface area contributed by atoms with Gasteiger partial charge in [0.2, 0.25) is 0 Å². The van der Waals surface area contributed by atoms with Crippen LogP contribution in [0.25, 0.3) is 5.69 Å². The van der Waals surface area contributed by atoms with E-state index >= 15 is 0 Å². The summed E-state index contributed by atoms with van der Waals surface area (Å²) >= 11 is 0. The SMILES string of the molecule is Cc1cnn(-c2ccccc2/C(N)=N/O)c1. The fourth-order valence-electron chi connectivity index (χ4n) is 1.49. The molecule has 2 aromatic rings. The highest BCUT2D eigenvalue weighted by Crippen LogP contribution is 2.13. The third-order valence-corrected chi connectivity index (χ3v) is 2.25. The van der Waals surface area contributed by atoms with Gasteiger partial charge in [-0.25, -0.2) is 4.68 Å². The normalized spacial score (nSPS) is 11.7. The molecule has 0 aliphatic rings. The van der Waals surface area contributed by atoms with Gasteiger partial charge in [-0.3, -0.25) is 0 Å². The zero-order valence-electron chi connectivity index (χ0n) is 8.83. The number of amidine groups is 1. The van der Waals surface area contributed by atoms with Crippen LogP contribution in [0.3, 0.4) is 0 Å². The van der Waals surface area contributed by atoms with Crippen molar-refractivity contribution in [1.82, 2.24) is 9.78 Å². The van der Waals surface area contributed by atoms with Crippen LogP contribution >= 0.6 is 0 Å². The molecule has 0 spiro atoms. The van der Waals surface area contributed by atoms with Crippen molar-refractivity contribution in [3.63, 3.8) is 0 Å². The number of rotatable bonds is 2. The standard InChI is InChI=1S/C11H12N4O/c1-8-6-13-15(7-8)10-5-3-2-4-9(10)11(12)14-16/h2-7,16H,1H3,(H2,12,14). The van der Waals surface area contributed by atoms with Crippen molar-refractivity contribution in [3.8, 4) is 5.69 Å². The largest absolute Gasteiger partial charge is 0.409 e. The summed E-state index contributed by atoms with van der Waals surface area (Å²) in [6.07, 6.45) is 3.63. The number of nitrogens with two attached hydrogens (primary N) is 1. The summed E-state index contributed by atoms with van der Waals surface area (Å²) in [5.74, 6) is 0.0729. The summed E-state index contributed by atoms with van der Waals surface area (Å²) in [6, 6.07) is 7.34. The van der Waals surface area contributed by atoms with Gasteiger partial charge in [-0.15, -0.1) is 0 Å². The quantitative estimate of drug-likeness (QED) is 0.343. The summed E-state index contributed by atoms with van der Waals surface area (Å²) in [6.45, 7) is 1.95. The molecule has 0 saturated carbocycles. The fourth-order valence-corrected chi connectivity index (χ4v) is 1.49. The molecule has 5 nitrogen and oxygen atoms in total. The Kier molecular flexibility index (Phi) is 2.59. The van der Waals surface area contributed by atoms with Gasteiger partial charge in [0.15, 0.2) is 5.84 Å². The van der Waals surface area contributed by atoms with Crippen LogP contribution in [0.5, 0.6) is 0 Å². The molecular weight excluding hydrogens is 204 g/mol. The first kappa shape index (κ1) is 10.2. The number of nitrogens with zero attached hydrogens (tertiary/aromatic N) is 3. The number of para-hydroxylation sites is 1. The molecule has 0 amide bonds. The van der Waals surface area contributed by atoms with E-state index in [4.69, 9.17) is 10.9 Å². The lowest BCUT2D eigenvalue weighted by molar-refractivity contribution is 0.318. The van der Waals surface area contributed by atoms with E-state index < -0.39 is 0 Å². The van der Waals surface area contributed by atoms with Crippen LogP contribution < -0.4 is 5.73 Å². The van der Waals surface area contributed by atoms with E-state index in [0.717, 1.165) is 11.3 Å². The Balaban J connectivity index is 2.57. The van der Waals surface area contributed by atoms with Crippen molar-refractivity contribution in [2.45, 2.75) is 6.92 Å². The molecule has 16 heavy (non-hydrogen) atoms. The Morgan fingerprint density at radius 1 is 1.44 bits per heavy atom. The molecule has 0 saturated heterocycles. The van der Waals surface area contributed by atoms with Gasteiger partial charge in [0.25, 0.3) is 0 Å². The number of benzene rings is 1. The highest BCUT2D eigenvalue weighted by Gasteiger charge is 2.08. The van der Waals surface area contributed by atoms with Crippen molar-refractivity contribution in [1.29, 1.82) is 0 Å². The lowest BCUT2D eigenvalue weighted by atomic mass is 10.1. The van der Waals surface area contributed by atoms with Gasteiger partial charge in [0, 0.05) is 11.8 Å². The van der Waals surface area contributed by atoms with Crippen molar-refractivity contribution in [2.75, 3.05) is 0 Å². The minimum Gasteiger partial charge on any atom is -0.409 e. The van der Waals surface area contributed by atoms with Gasteiger partial charge >= 0.3 is 0 Å². The molecule has 82 valence electrons. The fraction of sp³-hybridized carbons (Fsp3) is 0.0909. The average molecular weight is 216 g/mol.